The molecule has 1 aliphatic rings. The molecular weight excluding hydrogens is 318 g/mol. The maximum atomic E-state index is 12.6. The second kappa shape index (κ2) is 7.46. The molecule has 0 aliphatic carbocycles. The molecule has 1 unspecified atom stereocenters. The van der Waals surface area contributed by atoms with Crippen LogP contribution in [0, 0.1) is 19.8 Å². The summed E-state index contributed by atoms with van der Waals surface area (Å²) in [6, 6.07) is 5.39. The monoisotopic (exact) mass is 341 g/mol. The summed E-state index contributed by atoms with van der Waals surface area (Å²) in [6.45, 7) is 4.96. The van der Waals surface area contributed by atoms with Gasteiger partial charge in [-0.1, -0.05) is 6.07 Å². The summed E-state index contributed by atoms with van der Waals surface area (Å²) in [5.74, 6) is 0.307. The van der Waals surface area contributed by atoms with Crippen molar-refractivity contribution in [2.75, 3.05) is 18.4 Å². The summed E-state index contributed by atoms with van der Waals surface area (Å²) in [7, 11) is 0. The quantitative estimate of drug-likeness (QED) is 0.888. The largest absolute Gasteiger partial charge is 0.342 e. The van der Waals surface area contributed by atoms with Gasteiger partial charge in [-0.2, -0.15) is 5.10 Å². The molecule has 0 bridgehead atoms. The average Bonchev–Trinajstić information content (AvgIpc) is 2.94. The van der Waals surface area contributed by atoms with E-state index in [4.69, 9.17) is 0 Å². The van der Waals surface area contributed by atoms with Crippen molar-refractivity contribution in [3.63, 3.8) is 0 Å². The Bertz CT molecular complexity index is 737. The molecule has 7 heteroatoms. The van der Waals surface area contributed by atoms with Crippen molar-refractivity contribution >= 4 is 17.6 Å². The number of H-pyrrole nitrogens is 1. The topological polar surface area (TPSA) is 91.0 Å². The first kappa shape index (κ1) is 17.1. The number of hydrogen-bond donors (Lipinski definition) is 2. The third-order valence-electron chi connectivity index (χ3n) is 4.67. The molecule has 132 valence electrons. The van der Waals surface area contributed by atoms with Crippen LogP contribution < -0.4 is 5.32 Å². The number of piperidine rings is 1. The summed E-state index contributed by atoms with van der Waals surface area (Å²) < 4.78 is 0. The highest BCUT2D eigenvalue weighted by Gasteiger charge is 2.29. The first-order chi connectivity index (χ1) is 12.0. The van der Waals surface area contributed by atoms with E-state index in [1.165, 1.54) is 0 Å². The molecule has 7 nitrogen and oxygen atoms in total. The molecule has 3 rings (SSSR count). The summed E-state index contributed by atoms with van der Waals surface area (Å²) in [5.41, 5.74) is 2.73. The number of nitrogens with zero attached hydrogens (tertiary/aromatic N) is 3. The van der Waals surface area contributed by atoms with Crippen molar-refractivity contribution in [3.8, 4) is 0 Å². The average molecular weight is 341 g/mol. The van der Waals surface area contributed by atoms with Crippen molar-refractivity contribution in [3.05, 3.63) is 41.3 Å². The first-order valence-electron chi connectivity index (χ1n) is 8.54. The second-order valence-electron chi connectivity index (χ2n) is 6.47. The fraction of sp³-hybridized carbons (Fsp3) is 0.444. The van der Waals surface area contributed by atoms with E-state index in [2.05, 4.69) is 20.5 Å². The SMILES string of the molecule is Cc1n[nH]c(C)c1CC(=O)N1CCCC(C(=O)Nc2ccccn2)C1. The standard InChI is InChI=1S/C18H23N5O2/c1-12-15(13(2)22-21-12)10-17(24)23-9-5-6-14(11-23)18(25)20-16-7-3-4-8-19-16/h3-4,7-8,14H,5-6,9-11H2,1-2H3,(H,21,22)(H,19,20,25). The fourth-order valence-electron chi connectivity index (χ4n) is 3.18. The maximum Gasteiger partial charge on any atom is 0.230 e. The lowest BCUT2D eigenvalue weighted by atomic mass is 9.96. The van der Waals surface area contributed by atoms with Gasteiger partial charge in [0.25, 0.3) is 0 Å². The van der Waals surface area contributed by atoms with Crippen LogP contribution in [0.3, 0.4) is 0 Å². The van der Waals surface area contributed by atoms with Crippen LogP contribution in [0.4, 0.5) is 5.82 Å². The molecule has 2 amide bonds. The number of aryl methyl sites for hydroxylation is 2. The van der Waals surface area contributed by atoms with Crippen molar-refractivity contribution in [1.29, 1.82) is 0 Å². The summed E-state index contributed by atoms with van der Waals surface area (Å²) in [6.07, 6.45) is 3.58. The lowest BCUT2D eigenvalue weighted by molar-refractivity contribution is -0.134. The van der Waals surface area contributed by atoms with Gasteiger partial charge in [-0.15, -0.1) is 0 Å². The maximum absolute atomic E-state index is 12.6. The van der Waals surface area contributed by atoms with Gasteiger partial charge in [0, 0.05) is 30.5 Å². The molecular formula is C18H23N5O2. The van der Waals surface area contributed by atoms with E-state index >= 15 is 0 Å². The van der Waals surface area contributed by atoms with Gasteiger partial charge in [-0.05, 0) is 38.8 Å². The number of pyridine rings is 1. The van der Waals surface area contributed by atoms with Crippen LogP contribution in [-0.4, -0.2) is 45.0 Å². The number of carbonyl (C=O) groups is 2. The Balaban J connectivity index is 1.60. The van der Waals surface area contributed by atoms with Gasteiger partial charge >= 0.3 is 0 Å². The zero-order valence-corrected chi connectivity index (χ0v) is 14.6. The van der Waals surface area contributed by atoms with E-state index in [9.17, 15) is 9.59 Å². The number of nitrogens with one attached hydrogen (secondary N) is 2. The van der Waals surface area contributed by atoms with E-state index in [0.717, 1.165) is 29.8 Å². The molecule has 25 heavy (non-hydrogen) atoms. The molecule has 2 aromatic rings. The Morgan fingerprint density at radius 2 is 2.20 bits per heavy atom. The zero-order chi connectivity index (χ0) is 17.8. The molecule has 2 aromatic heterocycles. The van der Waals surface area contributed by atoms with Gasteiger partial charge in [-0.25, -0.2) is 4.98 Å². The molecule has 0 aromatic carbocycles. The summed E-state index contributed by atoms with van der Waals surface area (Å²) in [5, 5.41) is 9.88. The minimum absolute atomic E-state index is 0.0444. The predicted molar refractivity (Wildman–Crippen MR) is 93.9 cm³/mol. The molecule has 0 saturated carbocycles. The first-order valence-corrected chi connectivity index (χ1v) is 8.54. The number of rotatable bonds is 4. The van der Waals surface area contributed by atoms with Gasteiger partial charge in [0.2, 0.25) is 11.8 Å². The van der Waals surface area contributed by atoms with Crippen molar-refractivity contribution in [2.45, 2.75) is 33.1 Å². The Hall–Kier alpha value is -2.70. The summed E-state index contributed by atoms with van der Waals surface area (Å²) >= 11 is 0. The Morgan fingerprint density at radius 3 is 2.88 bits per heavy atom. The van der Waals surface area contributed by atoms with E-state index in [0.29, 0.717) is 25.3 Å². The Morgan fingerprint density at radius 1 is 1.36 bits per heavy atom. The second-order valence-corrected chi connectivity index (χ2v) is 6.47. The van der Waals surface area contributed by atoms with E-state index in [1.807, 2.05) is 19.9 Å². The molecule has 0 radical (unpaired) electrons. The molecule has 3 heterocycles. The van der Waals surface area contributed by atoms with E-state index in [-0.39, 0.29) is 17.7 Å². The van der Waals surface area contributed by atoms with Crippen molar-refractivity contribution in [2.24, 2.45) is 5.92 Å². The van der Waals surface area contributed by atoms with Gasteiger partial charge in [0.05, 0.1) is 18.0 Å². The highest BCUT2D eigenvalue weighted by Crippen LogP contribution is 2.20. The van der Waals surface area contributed by atoms with Gasteiger partial charge in [-0.3, -0.25) is 14.7 Å². The summed E-state index contributed by atoms with van der Waals surface area (Å²) in [4.78, 5) is 31.0. The van der Waals surface area contributed by atoms with Crippen LogP contribution in [0.2, 0.25) is 0 Å². The molecule has 0 spiro atoms. The van der Waals surface area contributed by atoms with Gasteiger partial charge < -0.3 is 10.2 Å². The molecule has 1 aliphatic heterocycles. The molecule has 1 atom stereocenters. The van der Waals surface area contributed by atoms with Crippen molar-refractivity contribution < 1.29 is 9.59 Å². The highest BCUT2D eigenvalue weighted by atomic mass is 16.2. The van der Waals surface area contributed by atoms with Crippen LogP contribution in [-0.2, 0) is 16.0 Å². The highest BCUT2D eigenvalue weighted by molar-refractivity contribution is 5.92. The van der Waals surface area contributed by atoms with Gasteiger partial charge in [0.15, 0.2) is 0 Å². The minimum atomic E-state index is -0.203. The lowest BCUT2D eigenvalue weighted by Crippen LogP contribution is -2.44. The van der Waals surface area contributed by atoms with Crippen LogP contribution in [0.25, 0.3) is 0 Å². The number of anilines is 1. The normalized spacial score (nSPS) is 17.4. The third-order valence-corrected chi connectivity index (χ3v) is 4.67. The number of amides is 2. The van der Waals surface area contributed by atoms with Crippen LogP contribution in [0.1, 0.15) is 29.8 Å². The molecule has 1 saturated heterocycles. The number of aromatic nitrogens is 3. The zero-order valence-electron chi connectivity index (χ0n) is 14.6. The van der Waals surface area contributed by atoms with Crippen LogP contribution in [0.5, 0.6) is 0 Å². The number of hydrogen-bond acceptors (Lipinski definition) is 4. The third kappa shape index (κ3) is 4.04. The number of likely N-dealkylation sites (tertiary alicyclic amines) is 1. The van der Waals surface area contributed by atoms with Gasteiger partial charge in [0.1, 0.15) is 5.82 Å². The van der Waals surface area contributed by atoms with E-state index in [1.54, 1.807) is 23.2 Å². The lowest BCUT2D eigenvalue weighted by Gasteiger charge is -2.32. The Kier molecular flexibility index (Phi) is 5.11. The fourth-order valence-corrected chi connectivity index (χ4v) is 3.18. The van der Waals surface area contributed by atoms with Crippen molar-refractivity contribution in [1.82, 2.24) is 20.1 Å². The predicted octanol–water partition coefficient (Wildman–Crippen LogP) is 1.84. The Labute approximate surface area is 146 Å². The minimum Gasteiger partial charge on any atom is -0.342 e. The molecule has 2 N–H and O–H groups in total. The number of aromatic amines is 1. The molecule has 1 fully saturated rings. The number of carbonyl (C=O) groups excluding carboxylic acids is 2. The van der Waals surface area contributed by atoms with Crippen LogP contribution in [0.15, 0.2) is 24.4 Å². The smallest absolute Gasteiger partial charge is 0.230 e. The van der Waals surface area contributed by atoms with Crippen LogP contribution >= 0.6 is 0 Å². The van der Waals surface area contributed by atoms with E-state index < -0.39 is 0 Å².